The van der Waals surface area contributed by atoms with E-state index in [-0.39, 0.29) is 24.0 Å². The zero-order valence-electron chi connectivity index (χ0n) is 10.1. The molecule has 2 rings (SSSR count). The lowest BCUT2D eigenvalue weighted by molar-refractivity contribution is -0.383. The van der Waals surface area contributed by atoms with E-state index >= 15 is 0 Å². The van der Waals surface area contributed by atoms with Crippen LogP contribution >= 0.6 is 0 Å². The highest BCUT2D eigenvalue weighted by atomic mass is 16.6. The zero-order chi connectivity index (χ0) is 13.1. The fraction of sp³-hybridized carbons (Fsp3) is 0.500. The van der Waals surface area contributed by atoms with E-state index in [0.717, 1.165) is 24.9 Å². The summed E-state index contributed by atoms with van der Waals surface area (Å²) in [5, 5.41) is 19.9. The van der Waals surface area contributed by atoms with Crippen molar-refractivity contribution in [2.24, 2.45) is 0 Å². The van der Waals surface area contributed by atoms with Crippen LogP contribution in [0.15, 0.2) is 18.2 Å². The number of aliphatic hydroxyl groups is 1. The largest absolute Gasteiger partial charge is 0.395 e. The second-order valence-electron chi connectivity index (χ2n) is 4.60. The summed E-state index contributed by atoms with van der Waals surface area (Å²) in [4.78, 5) is 12.4. The Labute approximate surface area is 105 Å². The maximum atomic E-state index is 10.7. The Kier molecular flexibility index (Phi) is 3.78. The van der Waals surface area contributed by atoms with Crippen LogP contribution in [-0.4, -0.2) is 34.1 Å². The summed E-state index contributed by atoms with van der Waals surface area (Å²) < 4.78 is 0. The summed E-state index contributed by atoms with van der Waals surface area (Å²) in [6.07, 6.45) is 2.08. The molecule has 0 bridgehead atoms. The number of hydrogen-bond acceptors (Lipinski definition) is 5. The Balaban J connectivity index is 2.10. The molecule has 1 aliphatic heterocycles. The molecule has 1 fully saturated rings. The van der Waals surface area contributed by atoms with Gasteiger partial charge in [-0.3, -0.25) is 15.0 Å². The summed E-state index contributed by atoms with van der Waals surface area (Å²) >= 11 is 0. The predicted octanol–water partition coefficient (Wildman–Crippen LogP) is 1.13. The van der Waals surface area contributed by atoms with Crippen LogP contribution in [0, 0.1) is 10.1 Å². The molecule has 0 aliphatic carbocycles. The van der Waals surface area contributed by atoms with Crippen LogP contribution in [0.1, 0.15) is 18.4 Å². The normalized spacial score (nSPS) is 20.2. The van der Waals surface area contributed by atoms with Crippen molar-refractivity contribution in [1.29, 1.82) is 0 Å². The van der Waals surface area contributed by atoms with Gasteiger partial charge in [0.05, 0.1) is 11.5 Å². The van der Waals surface area contributed by atoms with Crippen molar-refractivity contribution < 1.29 is 10.0 Å². The number of nitro benzene ring substituents is 1. The number of benzene rings is 1. The molecule has 6 nitrogen and oxygen atoms in total. The molecule has 1 heterocycles. The molecule has 1 saturated heterocycles. The Morgan fingerprint density at radius 2 is 2.33 bits per heavy atom. The number of nitro groups is 1. The lowest BCUT2D eigenvalue weighted by atomic mass is 10.1. The molecule has 6 heteroatoms. The van der Waals surface area contributed by atoms with Crippen LogP contribution < -0.4 is 5.73 Å². The summed E-state index contributed by atoms with van der Waals surface area (Å²) in [5.74, 6) is 0. The molecule has 1 aromatic rings. The SMILES string of the molecule is Nc1cc(CN2CCCC2CO)ccc1[N+](=O)[O-]. The number of rotatable bonds is 4. The zero-order valence-corrected chi connectivity index (χ0v) is 10.1. The minimum Gasteiger partial charge on any atom is -0.395 e. The molecule has 18 heavy (non-hydrogen) atoms. The van der Waals surface area contributed by atoms with Gasteiger partial charge in [-0.05, 0) is 31.0 Å². The van der Waals surface area contributed by atoms with Gasteiger partial charge in [0.1, 0.15) is 5.69 Å². The average Bonchev–Trinajstić information content (AvgIpc) is 2.76. The number of aliphatic hydroxyl groups excluding tert-OH is 1. The molecular weight excluding hydrogens is 234 g/mol. The van der Waals surface area contributed by atoms with E-state index in [2.05, 4.69) is 4.90 Å². The monoisotopic (exact) mass is 251 g/mol. The Morgan fingerprint density at radius 1 is 1.56 bits per heavy atom. The molecule has 0 aromatic heterocycles. The van der Waals surface area contributed by atoms with Crippen LogP contribution in [0.25, 0.3) is 0 Å². The van der Waals surface area contributed by atoms with Gasteiger partial charge in [-0.1, -0.05) is 6.07 Å². The number of nitrogens with zero attached hydrogens (tertiary/aromatic N) is 2. The summed E-state index contributed by atoms with van der Waals surface area (Å²) in [6, 6.07) is 5.00. The van der Waals surface area contributed by atoms with Crippen LogP contribution in [0.3, 0.4) is 0 Å². The van der Waals surface area contributed by atoms with Crippen LogP contribution in [-0.2, 0) is 6.54 Å². The maximum Gasteiger partial charge on any atom is 0.292 e. The van der Waals surface area contributed by atoms with Gasteiger partial charge in [-0.25, -0.2) is 0 Å². The molecule has 0 spiro atoms. The maximum absolute atomic E-state index is 10.7. The smallest absolute Gasteiger partial charge is 0.292 e. The lowest BCUT2D eigenvalue weighted by Gasteiger charge is -2.22. The first-order valence-electron chi connectivity index (χ1n) is 5.99. The highest BCUT2D eigenvalue weighted by Gasteiger charge is 2.24. The summed E-state index contributed by atoms with van der Waals surface area (Å²) in [6.45, 7) is 1.78. The second kappa shape index (κ2) is 5.32. The highest BCUT2D eigenvalue weighted by Crippen LogP contribution is 2.25. The van der Waals surface area contributed by atoms with Crippen molar-refractivity contribution in [3.8, 4) is 0 Å². The van der Waals surface area contributed by atoms with E-state index < -0.39 is 4.92 Å². The number of likely N-dealkylation sites (tertiary alicyclic amines) is 1. The third kappa shape index (κ3) is 2.60. The molecule has 3 N–H and O–H groups in total. The van der Waals surface area contributed by atoms with Crippen molar-refractivity contribution in [2.45, 2.75) is 25.4 Å². The van der Waals surface area contributed by atoms with Gasteiger partial charge >= 0.3 is 0 Å². The third-order valence-electron chi connectivity index (χ3n) is 3.38. The van der Waals surface area contributed by atoms with E-state index in [1.54, 1.807) is 12.1 Å². The summed E-state index contributed by atoms with van der Waals surface area (Å²) in [7, 11) is 0. The summed E-state index contributed by atoms with van der Waals surface area (Å²) in [5.41, 5.74) is 6.73. The quantitative estimate of drug-likeness (QED) is 0.475. The van der Waals surface area contributed by atoms with Gasteiger partial charge in [-0.2, -0.15) is 0 Å². The Morgan fingerprint density at radius 3 is 2.94 bits per heavy atom. The molecule has 1 atom stereocenters. The number of hydrogen-bond donors (Lipinski definition) is 2. The topological polar surface area (TPSA) is 92.6 Å². The number of nitrogens with two attached hydrogens (primary N) is 1. The van der Waals surface area contributed by atoms with Crippen molar-refractivity contribution in [3.05, 3.63) is 33.9 Å². The fourth-order valence-corrected chi connectivity index (χ4v) is 2.41. The Hall–Kier alpha value is -1.66. The Bertz CT molecular complexity index is 450. The standard InChI is InChI=1S/C12H17N3O3/c13-11-6-9(3-4-12(11)15(17)18)7-14-5-1-2-10(14)8-16/h3-4,6,10,16H,1-2,5,7-8,13H2. The van der Waals surface area contributed by atoms with E-state index in [1.807, 2.05) is 0 Å². The average molecular weight is 251 g/mol. The van der Waals surface area contributed by atoms with E-state index in [0.29, 0.717) is 6.54 Å². The highest BCUT2D eigenvalue weighted by molar-refractivity contribution is 5.59. The predicted molar refractivity (Wildman–Crippen MR) is 68.0 cm³/mol. The molecule has 1 aliphatic rings. The molecular formula is C12H17N3O3. The first-order chi connectivity index (χ1) is 8.61. The number of anilines is 1. The molecule has 98 valence electrons. The van der Waals surface area contributed by atoms with E-state index in [1.165, 1.54) is 6.07 Å². The molecule has 1 aromatic carbocycles. The van der Waals surface area contributed by atoms with Gasteiger partial charge in [-0.15, -0.1) is 0 Å². The fourth-order valence-electron chi connectivity index (χ4n) is 2.41. The van der Waals surface area contributed by atoms with Crippen LogP contribution in [0.4, 0.5) is 11.4 Å². The molecule has 0 amide bonds. The van der Waals surface area contributed by atoms with Gasteiger partial charge in [0.2, 0.25) is 0 Å². The van der Waals surface area contributed by atoms with Crippen molar-refractivity contribution in [1.82, 2.24) is 4.90 Å². The third-order valence-corrected chi connectivity index (χ3v) is 3.38. The van der Waals surface area contributed by atoms with Gasteiger partial charge in [0, 0.05) is 18.7 Å². The molecule has 0 saturated carbocycles. The van der Waals surface area contributed by atoms with Crippen LogP contribution in [0.2, 0.25) is 0 Å². The first kappa shape index (κ1) is 12.8. The second-order valence-corrected chi connectivity index (χ2v) is 4.60. The minimum absolute atomic E-state index is 0.0566. The van der Waals surface area contributed by atoms with Crippen molar-refractivity contribution >= 4 is 11.4 Å². The van der Waals surface area contributed by atoms with Crippen molar-refractivity contribution in [3.63, 3.8) is 0 Å². The van der Waals surface area contributed by atoms with Gasteiger partial charge < -0.3 is 10.8 Å². The van der Waals surface area contributed by atoms with Crippen molar-refractivity contribution in [2.75, 3.05) is 18.9 Å². The minimum atomic E-state index is -0.481. The first-order valence-corrected chi connectivity index (χ1v) is 5.99. The van der Waals surface area contributed by atoms with Gasteiger partial charge in [0.25, 0.3) is 5.69 Å². The van der Waals surface area contributed by atoms with Crippen LogP contribution in [0.5, 0.6) is 0 Å². The number of nitrogen functional groups attached to an aromatic ring is 1. The van der Waals surface area contributed by atoms with Gasteiger partial charge in [0.15, 0.2) is 0 Å². The molecule has 1 unspecified atom stereocenters. The van der Waals surface area contributed by atoms with E-state index in [4.69, 9.17) is 5.73 Å². The molecule has 0 radical (unpaired) electrons. The lowest BCUT2D eigenvalue weighted by Crippen LogP contribution is -2.31. The van der Waals surface area contributed by atoms with E-state index in [9.17, 15) is 15.2 Å².